The molecule has 1 rings (SSSR count). The second-order valence-electron chi connectivity index (χ2n) is 3.96. The third kappa shape index (κ3) is 4.19. The van der Waals surface area contributed by atoms with Crippen LogP contribution in [0.5, 0.6) is 0 Å². The van der Waals surface area contributed by atoms with Gasteiger partial charge in [-0.3, -0.25) is 0 Å². The van der Waals surface area contributed by atoms with Crippen LogP contribution < -0.4 is 10.6 Å². The van der Waals surface area contributed by atoms with E-state index in [9.17, 15) is 14.4 Å². The maximum absolute atomic E-state index is 11.6. The second-order valence-corrected chi connectivity index (χ2v) is 4.85. The third-order valence-corrected chi connectivity index (χ3v) is 3.39. The lowest BCUT2D eigenvalue weighted by Gasteiger charge is -2.15. The number of nitrogens with one attached hydrogen (secondary N) is 2. The van der Waals surface area contributed by atoms with Crippen molar-refractivity contribution < 1.29 is 24.2 Å². The van der Waals surface area contributed by atoms with E-state index in [0.29, 0.717) is 5.01 Å². The van der Waals surface area contributed by atoms with Gasteiger partial charge in [0.05, 0.1) is 13.2 Å². The van der Waals surface area contributed by atoms with Crippen molar-refractivity contribution in [2.45, 2.75) is 25.9 Å². The number of carboxylic acid groups (broad SMARTS) is 1. The highest BCUT2D eigenvalue weighted by Gasteiger charge is 2.19. The van der Waals surface area contributed by atoms with Crippen LogP contribution in [0, 0.1) is 0 Å². The second kappa shape index (κ2) is 6.85. The Morgan fingerprint density at radius 2 is 2.00 bits per heavy atom. The molecule has 2 unspecified atom stereocenters. The van der Waals surface area contributed by atoms with Gasteiger partial charge in [-0.1, -0.05) is 0 Å². The fourth-order valence-electron chi connectivity index (χ4n) is 1.32. The Hall–Kier alpha value is -2.16. The molecule has 0 aliphatic heterocycles. The number of carbonyl (C=O) groups excluding carboxylic acids is 2. The Morgan fingerprint density at radius 1 is 1.35 bits per heavy atom. The van der Waals surface area contributed by atoms with Gasteiger partial charge in [-0.25, -0.2) is 19.4 Å². The molecule has 0 aromatic carbocycles. The van der Waals surface area contributed by atoms with Crippen molar-refractivity contribution in [3.63, 3.8) is 0 Å². The number of carboxylic acids is 1. The smallest absolute Gasteiger partial charge is 0.355 e. The highest BCUT2D eigenvalue weighted by Crippen LogP contribution is 2.17. The van der Waals surface area contributed by atoms with Crippen LogP contribution in [0.4, 0.5) is 4.79 Å². The summed E-state index contributed by atoms with van der Waals surface area (Å²) in [6, 6.07) is -1.82. The van der Waals surface area contributed by atoms with E-state index >= 15 is 0 Å². The van der Waals surface area contributed by atoms with Gasteiger partial charge in [-0.2, -0.15) is 0 Å². The van der Waals surface area contributed by atoms with E-state index in [1.54, 1.807) is 6.92 Å². The molecule has 0 aliphatic rings. The fourth-order valence-corrected chi connectivity index (χ4v) is 2.12. The van der Waals surface area contributed by atoms with E-state index < -0.39 is 30.1 Å². The Labute approximate surface area is 119 Å². The maximum atomic E-state index is 11.6. The summed E-state index contributed by atoms with van der Waals surface area (Å²) in [6.45, 7) is 3.15. The van der Waals surface area contributed by atoms with Gasteiger partial charge in [0.2, 0.25) is 0 Å². The number of hydrogen-bond donors (Lipinski definition) is 3. The molecule has 110 valence electrons. The number of nitrogens with zero attached hydrogens (tertiary/aromatic N) is 1. The number of hydrogen-bond acceptors (Lipinski definition) is 6. The zero-order chi connectivity index (χ0) is 15.3. The van der Waals surface area contributed by atoms with Crippen LogP contribution in [0.25, 0.3) is 0 Å². The molecule has 0 aliphatic carbocycles. The standard InChI is InChI=1S/C11H15N3O5S/c1-5(8-14-7(4-20-8)9(15)16)12-11(18)13-6(2)10(17)19-3/h4-6H,1-3H3,(H,15,16)(H2,12,13,18). The molecule has 1 aromatic heterocycles. The number of rotatable bonds is 5. The first-order valence-corrected chi connectivity index (χ1v) is 6.56. The van der Waals surface area contributed by atoms with Gasteiger partial charge in [-0.05, 0) is 13.8 Å². The monoisotopic (exact) mass is 301 g/mol. The molecule has 2 amide bonds. The minimum Gasteiger partial charge on any atom is -0.476 e. The zero-order valence-electron chi connectivity index (χ0n) is 11.2. The van der Waals surface area contributed by atoms with Crippen LogP contribution >= 0.6 is 11.3 Å². The van der Waals surface area contributed by atoms with E-state index in [1.165, 1.54) is 19.4 Å². The molecule has 0 radical (unpaired) electrons. The van der Waals surface area contributed by atoms with Gasteiger partial charge in [0.25, 0.3) is 0 Å². The summed E-state index contributed by atoms with van der Waals surface area (Å²) in [5.74, 6) is -1.68. The molecule has 9 heteroatoms. The van der Waals surface area contributed by atoms with Crippen molar-refractivity contribution in [2.75, 3.05) is 7.11 Å². The summed E-state index contributed by atoms with van der Waals surface area (Å²) in [5.41, 5.74) is -0.0676. The van der Waals surface area contributed by atoms with Crippen molar-refractivity contribution in [3.8, 4) is 0 Å². The third-order valence-electron chi connectivity index (χ3n) is 2.36. The molecule has 20 heavy (non-hydrogen) atoms. The Morgan fingerprint density at radius 3 is 2.50 bits per heavy atom. The van der Waals surface area contributed by atoms with E-state index in [4.69, 9.17) is 5.11 Å². The van der Waals surface area contributed by atoms with Crippen LogP contribution in [-0.4, -0.2) is 41.2 Å². The molecule has 8 nitrogen and oxygen atoms in total. The molecular formula is C11H15N3O5S. The average Bonchev–Trinajstić information content (AvgIpc) is 2.87. The van der Waals surface area contributed by atoms with Crippen LogP contribution in [0.3, 0.4) is 0 Å². The molecule has 1 heterocycles. The van der Waals surface area contributed by atoms with Gasteiger partial charge in [0.1, 0.15) is 11.0 Å². The highest BCUT2D eigenvalue weighted by atomic mass is 32.1. The van der Waals surface area contributed by atoms with Crippen LogP contribution in [0.15, 0.2) is 5.38 Å². The van der Waals surface area contributed by atoms with Crippen molar-refractivity contribution in [1.82, 2.24) is 15.6 Å². The van der Waals surface area contributed by atoms with Gasteiger partial charge >= 0.3 is 18.0 Å². The van der Waals surface area contributed by atoms with E-state index in [-0.39, 0.29) is 5.69 Å². The molecule has 0 spiro atoms. The highest BCUT2D eigenvalue weighted by molar-refractivity contribution is 7.09. The van der Waals surface area contributed by atoms with Crippen molar-refractivity contribution in [2.24, 2.45) is 0 Å². The molecule has 3 N–H and O–H groups in total. The van der Waals surface area contributed by atoms with E-state index in [2.05, 4.69) is 20.4 Å². The first-order chi connectivity index (χ1) is 9.35. The lowest BCUT2D eigenvalue weighted by Crippen LogP contribution is -2.45. The molecule has 2 atom stereocenters. The number of carbonyl (C=O) groups is 3. The number of urea groups is 1. The number of esters is 1. The Balaban J connectivity index is 2.56. The number of aromatic carboxylic acids is 1. The molecule has 0 bridgehead atoms. The van der Waals surface area contributed by atoms with Gasteiger partial charge in [-0.15, -0.1) is 11.3 Å². The van der Waals surface area contributed by atoms with Crippen LogP contribution in [0.1, 0.15) is 35.4 Å². The normalized spacial score (nSPS) is 13.2. The van der Waals surface area contributed by atoms with Gasteiger partial charge in [0.15, 0.2) is 5.69 Å². The summed E-state index contributed by atoms with van der Waals surface area (Å²) in [7, 11) is 1.23. The van der Waals surface area contributed by atoms with E-state index in [0.717, 1.165) is 11.3 Å². The topological polar surface area (TPSA) is 118 Å². The van der Waals surface area contributed by atoms with Crippen LogP contribution in [0.2, 0.25) is 0 Å². The lowest BCUT2D eigenvalue weighted by atomic mass is 10.3. The first-order valence-electron chi connectivity index (χ1n) is 5.68. The number of amides is 2. The fraction of sp³-hybridized carbons (Fsp3) is 0.455. The maximum Gasteiger partial charge on any atom is 0.355 e. The summed E-state index contributed by atoms with van der Waals surface area (Å²) >= 11 is 1.13. The molecular weight excluding hydrogens is 286 g/mol. The van der Waals surface area contributed by atoms with Crippen molar-refractivity contribution >= 4 is 29.3 Å². The van der Waals surface area contributed by atoms with Crippen LogP contribution in [-0.2, 0) is 9.53 Å². The molecule has 0 saturated carbocycles. The van der Waals surface area contributed by atoms with Crippen molar-refractivity contribution in [3.05, 3.63) is 16.1 Å². The lowest BCUT2D eigenvalue weighted by molar-refractivity contribution is -0.142. The predicted octanol–water partition coefficient (Wildman–Crippen LogP) is 0.763. The summed E-state index contributed by atoms with van der Waals surface area (Å²) < 4.78 is 4.48. The Kier molecular flexibility index (Phi) is 5.44. The van der Waals surface area contributed by atoms with Crippen molar-refractivity contribution in [1.29, 1.82) is 0 Å². The largest absolute Gasteiger partial charge is 0.476 e. The van der Waals surface area contributed by atoms with Gasteiger partial charge < -0.3 is 20.5 Å². The quantitative estimate of drug-likeness (QED) is 0.691. The average molecular weight is 301 g/mol. The minimum atomic E-state index is -1.12. The Bertz CT molecular complexity index is 516. The molecule has 0 saturated heterocycles. The van der Waals surface area contributed by atoms with Gasteiger partial charge in [0, 0.05) is 5.38 Å². The minimum absolute atomic E-state index is 0.0676. The number of thiazole rings is 1. The number of aromatic nitrogens is 1. The van der Waals surface area contributed by atoms with E-state index in [1.807, 2.05) is 0 Å². The number of ether oxygens (including phenoxy) is 1. The summed E-state index contributed by atoms with van der Waals surface area (Å²) in [4.78, 5) is 37.4. The zero-order valence-corrected chi connectivity index (χ0v) is 12.0. The molecule has 0 fully saturated rings. The number of methoxy groups -OCH3 is 1. The molecule has 1 aromatic rings. The predicted molar refractivity (Wildman–Crippen MR) is 70.6 cm³/mol. The summed E-state index contributed by atoms with van der Waals surface area (Å²) in [5, 5.41) is 15.6. The summed E-state index contributed by atoms with van der Waals surface area (Å²) in [6.07, 6.45) is 0. The SMILES string of the molecule is COC(=O)C(C)NC(=O)NC(C)c1nc(C(=O)O)cs1. The first kappa shape index (κ1) is 15.9.